The Bertz CT molecular complexity index is 588. The normalized spacial score (nSPS) is 25.5. The number of benzene rings is 1. The van der Waals surface area contributed by atoms with Crippen LogP contribution in [0.4, 0.5) is 0 Å². The second-order valence-electron chi connectivity index (χ2n) is 7.07. The van der Waals surface area contributed by atoms with Gasteiger partial charge < -0.3 is 14.2 Å². The molecule has 3 nitrogen and oxygen atoms in total. The molecular formula is C19H26O3. The van der Waals surface area contributed by atoms with Gasteiger partial charge >= 0.3 is 0 Å². The lowest BCUT2D eigenvalue weighted by Crippen LogP contribution is -2.16. The summed E-state index contributed by atoms with van der Waals surface area (Å²) in [6.45, 7) is 10.1. The summed E-state index contributed by atoms with van der Waals surface area (Å²) in [5.41, 5.74) is 2.71. The molecular weight excluding hydrogens is 276 g/mol. The molecule has 0 aromatic heterocycles. The van der Waals surface area contributed by atoms with Crippen molar-refractivity contribution in [3.05, 3.63) is 35.4 Å². The third-order valence-electron chi connectivity index (χ3n) is 5.06. The summed E-state index contributed by atoms with van der Waals surface area (Å²) in [5, 5.41) is 0. The van der Waals surface area contributed by atoms with Gasteiger partial charge in [-0.15, -0.1) is 0 Å². The molecule has 3 heteroatoms. The highest BCUT2D eigenvalue weighted by Gasteiger charge is 2.59. The monoisotopic (exact) mass is 302 g/mol. The topological polar surface area (TPSA) is 31.0 Å². The number of ether oxygens (including phenoxy) is 3. The van der Waals surface area contributed by atoms with E-state index in [1.165, 1.54) is 11.1 Å². The minimum Gasteiger partial charge on any atom is -0.493 e. The van der Waals surface area contributed by atoms with Gasteiger partial charge in [-0.1, -0.05) is 11.6 Å². The first-order valence-electron chi connectivity index (χ1n) is 8.14. The van der Waals surface area contributed by atoms with Crippen molar-refractivity contribution in [2.45, 2.75) is 58.2 Å². The van der Waals surface area contributed by atoms with Crippen LogP contribution in [0.15, 0.2) is 29.8 Å². The summed E-state index contributed by atoms with van der Waals surface area (Å²) < 4.78 is 17.1. The van der Waals surface area contributed by atoms with Crippen molar-refractivity contribution in [2.24, 2.45) is 0 Å². The zero-order valence-corrected chi connectivity index (χ0v) is 14.1. The zero-order chi connectivity index (χ0) is 15.8. The molecule has 0 N–H and O–H groups in total. The van der Waals surface area contributed by atoms with E-state index >= 15 is 0 Å². The molecule has 1 fully saturated rings. The number of fused-ring (bicyclic) bond motifs is 1. The summed E-state index contributed by atoms with van der Waals surface area (Å²) >= 11 is 0. The van der Waals surface area contributed by atoms with Crippen LogP contribution in [0.1, 0.15) is 46.1 Å². The molecule has 2 aliphatic rings. The number of hydrogen-bond donors (Lipinski definition) is 0. The smallest absolute Gasteiger partial charge is 0.126 e. The number of rotatable bonds is 6. The average Bonchev–Trinajstić information content (AvgIpc) is 2.82. The van der Waals surface area contributed by atoms with Crippen molar-refractivity contribution in [3.63, 3.8) is 0 Å². The predicted octanol–water partition coefficient (Wildman–Crippen LogP) is 4.29. The van der Waals surface area contributed by atoms with Gasteiger partial charge in [-0.25, -0.2) is 0 Å². The van der Waals surface area contributed by atoms with Gasteiger partial charge in [0, 0.05) is 12.5 Å². The van der Waals surface area contributed by atoms with E-state index in [0.29, 0.717) is 6.61 Å². The van der Waals surface area contributed by atoms with Crippen molar-refractivity contribution < 1.29 is 14.2 Å². The van der Waals surface area contributed by atoms with Crippen molar-refractivity contribution in [1.29, 1.82) is 0 Å². The minimum atomic E-state index is 0.0359. The molecule has 0 aliphatic carbocycles. The largest absolute Gasteiger partial charge is 0.493 e. The maximum Gasteiger partial charge on any atom is 0.126 e. The summed E-state index contributed by atoms with van der Waals surface area (Å²) in [6, 6.07) is 6.12. The minimum absolute atomic E-state index is 0.0359. The standard InChI is InChI=1S/C19H26O3/c1-14(7-10-19(4)18(2,3)22-19)8-11-20-16-6-5-15-9-12-21-17(15)13-16/h5-6,8,13H,7,9-12H2,1-4H3. The molecule has 0 spiro atoms. The highest BCUT2D eigenvalue weighted by Crippen LogP contribution is 2.50. The van der Waals surface area contributed by atoms with E-state index in [9.17, 15) is 0 Å². The Balaban J connectivity index is 1.45. The Hall–Kier alpha value is -1.48. The third kappa shape index (κ3) is 3.14. The lowest BCUT2D eigenvalue weighted by molar-refractivity contribution is 0.277. The van der Waals surface area contributed by atoms with Gasteiger partial charge in [0.15, 0.2) is 0 Å². The van der Waals surface area contributed by atoms with E-state index in [1.54, 1.807) is 0 Å². The second kappa shape index (κ2) is 5.62. The van der Waals surface area contributed by atoms with E-state index in [2.05, 4.69) is 39.8 Å². The van der Waals surface area contributed by atoms with E-state index in [4.69, 9.17) is 14.2 Å². The molecule has 1 aromatic carbocycles. The van der Waals surface area contributed by atoms with Gasteiger partial charge in [-0.3, -0.25) is 0 Å². The maximum atomic E-state index is 5.80. The molecule has 1 unspecified atom stereocenters. The van der Waals surface area contributed by atoms with Gasteiger partial charge in [0.25, 0.3) is 0 Å². The van der Waals surface area contributed by atoms with Gasteiger partial charge in [0.05, 0.1) is 17.8 Å². The maximum absolute atomic E-state index is 5.80. The fraction of sp³-hybridized carbons (Fsp3) is 0.579. The van der Waals surface area contributed by atoms with Crippen LogP contribution in [-0.4, -0.2) is 24.4 Å². The van der Waals surface area contributed by atoms with E-state index in [0.717, 1.165) is 37.4 Å². The fourth-order valence-corrected chi connectivity index (χ4v) is 2.94. The number of epoxide rings is 1. The van der Waals surface area contributed by atoms with Crippen LogP contribution in [-0.2, 0) is 11.2 Å². The summed E-state index contributed by atoms with van der Waals surface area (Å²) in [6.07, 6.45) is 5.28. The quantitative estimate of drug-likeness (QED) is 0.580. The Labute approximate surface area is 133 Å². The third-order valence-corrected chi connectivity index (χ3v) is 5.06. The van der Waals surface area contributed by atoms with Crippen molar-refractivity contribution >= 4 is 0 Å². The Morgan fingerprint density at radius 1 is 1.32 bits per heavy atom. The van der Waals surface area contributed by atoms with Crippen LogP contribution < -0.4 is 9.47 Å². The lowest BCUT2D eigenvalue weighted by atomic mass is 9.91. The first-order valence-corrected chi connectivity index (χ1v) is 8.14. The molecule has 1 aromatic rings. The fourth-order valence-electron chi connectivity index (χ4n) is 2.94. The molecule has 0 radical (unpaired) electrons. The summed E-state index contributed by atoms with van der Waals surface area (Å²) in [4.78, 5) is 0. The SMILES string of the molecule is CC(=CCOc1ccc2c(c1)OCC2)CCC1(C)OC1(C)C. The molecule has 1 atom stereocenters. The van der Waals surface area contributed by atoms with Gasteiger partial charge in [0.1, 0.15) is 18.1 Å². The number of allylic oxidation sites excluding steroid dienone is 1. The van der Waals surface area contributed by atoms with Crippen LogP contribution in [0.25, 0.3) is 0 Å². The Morgan fingerprint density at radius 2 is 2.09 bits per heavy atom. The molecule has 1 saturated heterocycles. The lowest BCUT2D eigenvalue weighted by Gasteiger charge is -2.09. The number of hydrogen-bond acceptors (Lipinski definition) is 3. The highest BCUT2D eigenvalue weighted by atomic mass is 16.6. The van der Waals surface area contributed by atoms with E-state index in [-0.39, 0.29) is 11.2 Å². The van der Waals surface area contributed by atoms with Crippen molar-refractivity contribution in [2.75, 3.05) is 13.2 Å². The zero-order valence-electron chi connectivity index (χ0n) is 14.1. The molecule has 120 valence electrons. The summed E-state index contributed by atoms with van der Waals surface area (Å²) in [7, 11) is 0. The van der Waals surface area contributed by atoms with Crippen molar-refractivity contribution in [3.8, 4) is 11.5 Å². The van der Waals surface area contributed by atoms with Gasteiger partial charge in [-0.2, -0.15) is 0 Å². The van der Waals surface area contributed by atoms with Crippen molar-refractivity contribution in [1.82, 2.24) is 0 Å². The van der Waals surface area contributed by atoms with E-state index in [1.807, 2.05) is 12.1 Å². The molecule has 22 heavy (non-hydrogen) atoms. The molecule has 2 heterocycles. The molecule has 0 amide bonds. The van der Waals surface area contributed by atoms with E-state index < -0.39 is 0 Å². The first-order chi connectivity index (χ1) is 10.4. The second-order valence-corrected chi connectivity index (χ2v) is 7.07. The van der Waals surface area contributed by atoms with Crippen LogP contribution in [0.3, 0.4) is 0 Å². The first kappa shape index (κ1) is 15.4. The molecule has 2 aliphatic heterocycles. The summed E-state index contributed by atoms with van der Waals surface area (Å²) in [5.74, 6) is 1.85. The van der Waals surface area contributed by atoms with Gasteiger partial charge in [0.2, 0.25) is 0 Å². The highest BCUT2D eigenvalue weighted by molar-refractivity contribution is 5.42. The average molecular weight is 302 g/mol. The van der Waals surface area contributed by atoms with Crippen LogP contribution in [0, 0.1) is 0 Å². The molecule has 0 bridgehead atoms. The van der Waals surface area contributed by atoms with Crippen LogP contribution in [0.2, 0.25) is 0 Å². The van der Waals surface area contributed by atoms with Crippen LogP contribution in [0.5, 0.6) is 11.5 Å². The molecule has 0 saturated carbocycles. The predicted molar refractivity (Wildman–Crippen MR) is 87.7 cm³/mol. The van der Waals surface area contributed by atoms with Crippen LogP contribution >= 0.6 is 0 Å². The van der Waals surface area contributed by atoms with Gasteiger partial charge in [-0.05, 0) is 58.2 Å². The Morgan fingerprint density at radius 3 is 2.82 bits per heavy atom. The Kier molecular flexibility index (Phi) is 3.94. The molecule has 3 rings (SSSR count).